The molecule has 0 aliphatic carbocycles. The van der Waals surface area contributed by atoms with E-state index < -0.39 is 29.7 Å². The molecular formula is C13H12FNO3. The van der Waals surface area contributed by atoms with Gasteiger partial charge in [0, 0.05) is 5.56 Å². The third-order valence-corrected chi connectivity index (χ3v) is 2.96. The van der Waals surface area contributed by atoms with Crippen molar-refractivity contribution < 1.29 is 18.7 Å². The Hall–Kier alpha value is -2.17. The molecule has 1 aromatic rings. The van der Waals surface area contributed by atoms with Gasteiger partial charge in [-0.05, 0) is 17.7 Å². The van der Waals surface area contributed by atoms with Crippen LogP contribution in [-0.4, -0.2) is 25.0 Å². The Balaban J connectivity index is 2.57. The lowest BCUT2D eigenvalue weighted by atomic mass is 9.84. The number of carbonyl (C=O) groups is 2. The van der Waals surface area contributed by atoms with Gasteiger partial charge in [-0.1, -0.05) is 12.1 Å². The molecule has 2 rings (SSSR count). The minimum atomic E-state index is -0.694. The second-order valence-electron chi connectivity index (χ2n) is 3.97. The molecule has 0 bridgehead atoms. The third kappa shape index (κ3) is 1.88. The van der Waals surface area contributed by atoms with Crippen molar-refractivity contribution in [2.45, 2.75) is 12.0 Å². The van der Waals surface area contributed by atoms with E-state index in [4.69, 9.17) is 4.74 Å². The third-order valence-electron chi connectivity index (χ3n) is 2.96. The first-order chi connectivity index (χ1) is 8.58. The first-order valence-corrected chi connectivity index (χ1v) is 5.39. The van der Waals surface area contributed by atoms with Gasteiger partial charge in [0.2, 0.25) is 0 Å². The Morgan fingerprint density at radius 1 is 1.56 bits per heavy atom. The number of esters is 1. The average Bonchev–Trinajstić information content (AvgIpc) is 2.38. The highest BCUT2D eigenvalue weighted by Crippen LogP contribution is 2.30. The molecule has 1 aromatic carbocycles. The SMILES string of the molecule is C=CC1NC(=O)c2cc(F)ccc2[C@H]1C(=O)OC. The number of hydrogen-bond acceptors (Lipinski definition) is 3. The van der Waals surface area contributed by atoms with E-state index in [1.807, 2.05) is 0 Å². The van der Waals surface area contributed by atoms with Gasteiger partial charge in [-0.25, -0.2) is 4.39 Å². The summed E-state index contributed by atoms with van der Waals surface area (Å²) in [4.78, 5) is 23.6. The van der Waals surface area contributed by atoms with Crippen LogP contribution in [0.2, 0.25) is 0 Å². The summed E-state index contributed by atoms with van der Waals surface area (Å²) in [5, 5.41) is 2.59. The van der Waals surface area contributed by atoms with Gasteiger partial charge in [-0.15, -0.1) is 6.58 Å². The van der Waals surface area contributed by atoms with Gasteiger partial charge < -0.3 is 10.1 Å². The number of fused-ring (bicyclic) bond motifs is 1. The predicted molar refractivity (Wildman–Crippen MR) is 62.6 cm³/mol. The van der Waals surface area contributed by atoms with Crippen molar-refractivity contribution >= 4 is 11.9 Å². The van der Waals surface area contributed by atoms with Crippen molar-refractivity contribution in [2.75, 3.05) is 7.11 Å². The van der Waals surface area contributed by atoms with Crippen molar-refractivity contribution in [1.82, 2.24) is 5.32 Å². The van der Waals surface area contributed by atoms with E-state index >= 15 is 0 Å². The number of hydrogen-bond donors (Lipinski definition) is 1. The number of nitrogens with one attached hydrogen (secondary N) is 1. The van der Waals surface area contributed by atoms with E-state index in [0.29, 0.717) is 5.56 Å². The molecule has 1 N–H and O–H groups in total. The fourth-order valence-electron chi connectivity index (χ4n) is 2.10. The Labute approximate surface area is 103 Å². The molecular weight excluding hydrogens is 237 g/mol. The van der Waals surface area contributed by atoms with Gasteiger partial charge in [0.05, 0.1) is 13.2 Å². The number of methoxy groups -OCH3 is 1. The molecule has 1 aliphatic heterocycles. The van der Waals surface area contributed by atoms with Crippen molar-refractivity contribution in [3.8, 4) is 0 Å². The quantitative estimate of drug-likeness (QED) is 0.636. The molecule has 18 heavy (non-hydrogen) atoms. The highest BCUT2D eigenvalue weighted by molar-refractivity contribution is 6.00. The van der Waals surface area contributed by atoms with Gasteiger partial charge in [0.25, 0.3) is 5.91 Å². The standard InChI is InChI=1S/C13H12FNO3/c1-3-10-11(13(17)18-2)8-5-4-7(14)6-9(8)12(16)15-10/h3-6,10-11H,1H2,2H3,(H,15,16)/t10?,11-/m1/s1. The Morgan fingerprint density at radius 3 is 2.89 bits per heavy atom. The van der Waals surface area contributed by atoms with Crippen LogP contribution in [0.15, 0.2) is 30.9 Å². The van der Waals surface area contributed by atoms with Crippen molar-refractivity contribution in [2.24, 2.45) is 0 Å². The maximum Gasteiger partial charge on any atom is 0.315 e. The molecule has 0 aromatic heterocycles. The van der Waals surface area contributed by atoms with Crippen LogP contribution in [0.25, 0.3) is 0 Å². The molecule has 4 nitrogen and oxygen atoms in total. The van der Waals surface area contributed by atoms with Crippen LogP contribution in [-0.2, 0) is 9.53 Å². The lowest BCUT2D eigenvalue weighted by Crippen LogP contribution is -2.46. The van der Waals surface area contributed by atoms with Crippen molar-refractivity contribution in [1.29, 1.82) is 0 Å². The van der Waals surface area contributed by atoms with Crippen molar-refractivity contribution in [3.05, 3.63) is 47.8 Å². The first-order valence-electron chi connectivity index (χ1n) is 5.39. The summed E-state index contributed by atoms with van der Waals surface area (Å²) in [7, 11) is 1.27. The van der Waals surface area contributed by atoms with Crippen LogP contribution in [0.5, 0.6) is 0 Å². The minimum absolute atomic E-state index is 0.156. The monoisotopic (exact) mass is 249 g/mol. The topological polar surface area (TPSA) is 55.4 Å². The zero-order valence-corrected chi connectivity index (χ0v) is 9.77. The van der Waals surface area contributed by atoms with Gasteiger partial charge in [-0.3, -0.25) is 9.59 Å². The molecule has 0 saturated carbocycles. The van der Waals surface area contributed by atoms with Crippen LogP contribution in [0.1, 0.15) is 21.8 Å². The Bertz CT molecular complexity index is 527. The lowest BCUT2D eigenvalue weighted by molar-refractivity contribution is -0.142. The van der Waals surface area contributed by atoms with E-state index in [-0.39, 0.29) is 5.56 Å². The van der Waals surface area contributed by atoms with E-state index in [1.54, 1.807) is 0 Å². The van der Waals surface area contributed by atoms with Crippen LogP contribution >= 0.6 is 0 Å². The molecule has 0 saturated heterocycles. The van der Waals surface area contributed by atoms with Crippen LogP contribution in [0.4, 0.5) is 4.39 Å². The molecule has 5 heteroatoms. The van der Waals surface area contributed by atoms with E-state index in [9.17, 15) is 14.0 Å². The highest BCUT2D eigenvalue weighted by atomic mass is 19.1. The maximum atomic E-state index is 13.1. The van der Waals surface area contributed by atoms with E-state index in [0.717, 1.165) is 6.07 Å². The second kappa shape index (κ2) is 4.60. The van der Waals surface area contributed by atoms with Crippen molar-refractivity contribution in [3.63, 3.8) is 0 Å². The largest absolute Gasteiger partial charge is 0.468 e. The molecule has 1 heterocycles. The maximum absolute atomic E-state index is 13.1. The summed E-state index contributed by atoms with van der Waals surface area (Å²) in [5.41, 5.74) is 0.611. The summed E-state index contributed by atoms with van der Waals surface area (Å²) in [6, 6.07) is 3.21. The number of amides is 1. The zero-order chi connectivity index (χ0) is 13.3. The average molecular weight is 249 g/mol. The van der Waals surface area contributed by atoms with Gasteiger partial charge in [-0.2, -0.15) is 0 Å². The summed E-state index contributed by atoms with van der Waals surface area (Å²) in [6.07, 6.45) is 1.46. The molecule has 0 spiro atoms. The molecule has 2 atom stereocenters. The number of carbonyl (C=O) groups excluding carboxylic acids is 2. The van der Waals surface area contributed by atoms with Crippen LogP contribution < -0.4 is 5.32 Å². The number of halogens is 1. The van der Waals surface area contributed by atoms with Gasteiger partial charge >= 0.3 is 5.97 Å². The molecule has 1 amide bonds. The minimum Gasteiger partial charge on any atom is -0.468 e. The Kier molecular flexibility index (Phi) is 3.14. The summed E-state index contributed by atoms with van der Waals surface area (Å²) in [5.74, 6) is -2.13. The summed E-state index contributed by atoms with van der Waals surface area (Å²) >= 11 is 0. The fraction of sp³-hybridized carbons (Fsp3) is 0.231. The molecule has 0 radical (unpaired) electrons. The van der Waals surface area contributed by atoms with Gasteiger partial charge in [0.1, 0.15) is 11.7 Å². The summed E-state index contributed by atoms with van der Waals surface area (Å²) in [6.45, 7) is 3.58. The molecule has 1 aliphatic rings. The number of ether oxygens (including phenoxy) is 1. The molecule has 1 unspecified atom stereocenters. The lowest BCUT2D eigenvalue weighted by Gasteiger charge is -2.30. The van der Waals surface area contributed by atoms with Crippen LogP contribution in [0.3, 0.4) is 0 Å². The van der Waals surface area contributed by atoms with E-state index in [2.05, 4.69) is 11.9 Å². The Morgan fingerprint density at radius 2 is 2.28 bits per heavy atom. The first kappa shape index (κ1) is 12.3. The van der Waals surface area contributed by atoms with Crippen LogP contribution in [0, 0.1) is 5.82 Å². The number of rotatable bonds is 2. The predicted octanol–water partition coefficient (Wildman–Crippen LogP) is 1.38. The molecule has 0 fully saturated rings. The second-order valence-corrected chi connectivity index (χ2v) is 3.97. The normalized spacial score (nSPS) is 21.8. The van der Waals surface area contributed by atoms with E-state index in [1.165, 1.54) is 25.3 Å². The number of benzene rings is 1. The smallest absolute Gasteiger partial charge is 0.315 e. The van der Waals surface area contributed by atoms with Gasteiger partial charge in [0.15, 0.2) is 0 Å². The summed E-state index contributed by atoms with van der Waals surface area (Å²) < 4.78 is 17.9. The molecule has 94 valence electrons. The fourth-order valence-corrected chi connectivity index (χ4v) is 2.10. The highest BCUT2D eigenvalue weighted by Gasteiger charge is 2.37. The zero-order valence-electron chi connectivity index (χ0n) is 9.77.